The molecule has 0 aromatic carbocycles. The van der Waals surface area contributed by atoms with Crippen molar-refractivity contribution in [2.45, 2.75) is 32.1 Å². The summed E-state index contributed by atoms with van der Waals surface area (Å²) in [6, 6.07) is 0. The van der Waals surface area contributed by atoms with Gasteiger partial charge in [-0.15, -0.1) is 0 Å². The number of aliphatic hydroxyl groups excluding tert-OH is 1. The molecule has 2 heterocycles. The second-order valence-corrected chi connectivity index (χ2v) is 7.23. The van der Waals surface area contributed by atoms with Crippen LogP contribution in [0.4, 0.5) is 0 Å². The summed E-state index contributed by atoms with van der Waals surface area (Å²) in [5.41, 5.74) is 0.0472. The molecular weight excluding hydrogens is 252 g/mol. The van der Waals surface area contributed by atoms with Gasteiger partial charge >= 0.3 is 0 Å². The van der Waals surface area contributed by atoms with E-state index in [9.17, 15) is 5.11 Å². The second kappa shape index (κ2) is 6.73. The first kappa shape index (κ1) is 14.8. The van der Waals surface area contributed by atoms with Crippen LogP contribution in [0.15, 0.2) is 0 Å². The molecule has 1 N–H and O–H groups in total. The number of piperazine rings is 1. The fourth-order valence-corrected chi connectivity index (χ4v) is 3.96. The zero-order chi connectivity index (χ0) is 13.8. The Kier molecular flexibility index (Phi) is 4.97. The second-order valence-electron chi connectivity index (χ2n) is 7.23. The Bertz CT molecular complexity index is 287. The highest BCUT2D eigenvalue weighted by Gasteiger charge is 2.40. The number of hydrogen-bond donors (Lipinski definition) is 1. The molecule has 0 amide bonds. The van der Waals surface area contributed by atoms with E-state index in [-0.39, 0.29) is 12.0 Å². The minimum atomic E-state index is 0.0472. The topological polar surface area (TPSA) is 35.9 Å². The summed E-state index contributed by atoms with van der Waals surface area (Å²) >= 11 is 0. The number of ether oxygens (including phenoxy) is 1. The van der Waals surface area contributed by atoms with E-state index >= 15 is 0 Å². The minimum absolute atomic E-state index is 0.0472. The maximum atomic E-state index is 9.52. The van der Waals surface area contributed by atoms with E-state index in [2.05, 4.69) is 9.80 Å². The largest absolute Gasteiger partial charge is 0.396 e. The predicted molar refractivity (Wildman–Crippen MR) is 79.8 cm³/mol. The van der Waals surface area contributed by atoms with Gasteiger partial charge in [0.15, 0.2) is 0 Å². The van der Waals surface area contributed by atoms with Gasteiger partial charge in [-0.3, -0.25) is 4.90 Å². The number of aliphatic hydroxyl groups is 1. The quantitative estimate of drug-likeness (QED) is 0.822. The molecule has 1 saturated carbocycles. The molecule has 20 heavy (non-hydrogen) atoms. The highest BCUT2D eigenvalue weighted by molar-refractivity contribution is 4.89. The van der Waals surface area contributed by atoms with Crippen molar-refractivity contribution in [1.82, 2.24) is 9.80 Å². The minimum Gasteiger partial charge on any atom is -0.396 e. The molecule has 0 aromatic heterocycles. The molecule has 3 rings (SSSR count). The molecule has 2 saturated heterocycles. The van der Waals surface area contributed by atoms with Crippen molar-refractivity contribution >= 4 is 0 Å². The Hall–Kier alpha value is -0.160. The molecule has 3 aliphatic rings. The molecule has 4 heteroatoms. The first-order chi connectivity index (χ1) is 9.80. The van der Waals surface area contributed by atoms with E-state index in [1.807, 2.05) is 0 Å². The number of rotatable bonds is 5. The smallest absolute Gasteiger partial charge is 0.0579 e. The van der Waals surface area contributed by atoms with Crippen molar-refractivity contribution < 1.29 is 9.84 Å². The zero-order valence-corrected chi connectivity index (χ0v) is 12.7. The molecule has 0 aromatic rings. The van der Waals surface area contributed by atoms with Gasteiger partial charge in [-0.05, 0) is 18.8 Å². The fraction of sp³-hybridized carbons (Fsp3) is 1.00. The third kappa shape index (κ3) is 3.53. The summed E-state index contributed by atoms with van der Waals surface area (Å²) in [4.78, 5) is 5.19. The molecule has 0 unspecified atom stereocenters. The highest BCUT2D eigenvalue weighted by atomic mass is 16.5. The Labute approximate surface area is 123 Å². The van der Waals surface area contributed by atoms with Crippen LogP contribution in [0.5, 0.6) is 0 Å². The van der Waals surface area contributed by atoms with Crippen LogP contribution in [0.25, 0.3) is 0 Å². The summed E-state index contributed by atoms with van der Waals surface area (Å²) in [6.45, 7) is 8.83. The molecule has 3 fully saturated rings. The normalized spacial score (nSPS) is 29.2. The predicted octanol–water partition coefficient (Wildman–Crippen LogP) is 1.19. The molecule has 0 bridgehead atoms. The fourth-order valence-electron chi connectivity index (χ4n) is 3.96. The average Bonchev–Trinajstić information content (AvgIpc) is 2.46. The van der Waals surface area contributed by atoms with Crippen molar-refractivity contribution in [3.8, 4) is 0 Å². The summed E-state index contributed by atoms with van der Waals surface area (Å²) < 4.78 is 5.30. The van der Waals surface area contributed by atoms with E-state index < -0.39 is 0 Å². The SMILES string of the molecule is OCC1(CN2CCN(CC3CCCCC3)CC2)COC1. The van der Waals surface area contributed by atoms with Crippen LogP contribution >= 0.6 is 0 Å². The van der Waals surface area contributed by atoms with Crippen LogP contribution in [-0.4, -0.2) is 74.0 Å². The van der Waals surface area contributed by atoms with Crippen molar-refractivity contribution in [1.29, 1.82) is 0 Å². The van der Waals surface area contributed by atoms with E-state index in [0.717, 1.165) is 38.8 Å². The van der Waals surface area contributed by atoms with Crippen LogP contribution in [0.1, 0.15) is 32.1 Å². The van der Waals surface area contributed by atoms with E-state index in [0.29, 0.717) is 0 Å². The van der Waals surface area contributed by atoms with Crippen molar-refractivity contribution in [2.75, 3.05) is 59.1 Å². The van der Waals surface area contributed by atoms with Gasteiger partial charge in [0.25, 0.3) is 0 Å². The molecule has 0 spiro atoms. The Morgan fingerprint density at radius 3 is 2.15 bits per heavy atom. The lowest BCUT2D eigenvalue weighted by atomic mass is 9.86. The van der Waals surface area contributed by atoms with Crippen molar-refractivity contribution in [3.63, 3.8) is 0 Å². The lowest BCUT2D eigenvalue weighted by molar-refractivity contribution is -0.150. The lowest BCUT2D eigenvalue weighted by Gasteiger charge is -2.45. The zero-order valence-electron chi connectivity index (χ0n) is 12.7. The van der Waals surface area contributed by atoms with Gasteiger partial charge in [0, 0.05) is 39.3 Å². The van der Waals surface area contributed by atoms with Crippen LogP contribution in [0, 0.1) is 11.3 Å². The van der Waals surface area contributed by atoms with Gasteiger partial charge in [-0.1, -0.05) is 19.3 Å². The monoisotopic (exact) mass is 282 g/mol. The van der Waals surface area contributed by atoms with Gasteiger partial charge in [0.2, 0.25) is 0 Å². The van der Waals surface area contributed by atoms with Crippen LogP contribution < -0.4 is 0 Å². The summed E-state index contributed by atoms with van der Waals surface area (Å²) in [5.74, 6) is 0.958. The molecular formula is C16H30N2O2. The Morgan fingerprint density at radius 1 is 0.950 bits per heavy atom. The van der Waals surface area contributed by atoms with Crippen LogP contribution in [0.2, 0.25) is 0 Å². The molecule has 4 nitrogen and oxygen atoms in total. The van der Waals surface area contributed by atoms with E-state index in [1.54, 1.807) is 0 Å². The van der Waals surface area contributed by atoms with Gasteiger partial charge in [0.1, 0.15) is 0 Å². The third-order valence-corrected chi connectivity index (χ3v) is 5.42. The van der Waals surface area contributed by atoms with Gasteiger partial charge in [-0.25, -0.2) is 0 Å². The molecule has 2 aliphatic heterocycles. The average molecular weight is 282 g/mol. The van der Waals surface area contributed by atoms with Gasteiger partial charge < -0.3 is 14.7 Å². The maximum absolute atomic E-state index is 9.52. The van der Waals surface area contributed by atoms with Crippen LogP contribution in [-0.2, 0) is 4.74 Å². The molecule has 116 valence electrons. The first-order valence-electron chi connectivity index (χ1n) is 8.43. The first-order valence-corrected chi connectivity index (χ1v) is 8.43. The van der Waals surface area contributed by atoms with E-state index in [4.69, 9.17) is 4.74 Å². The van der Waals surface area contributed by atoms with E-state index in [1.165, 1.54) is 51.7 Å². The van der Waals surface area contributed by atoms with Crippen molar-refractivity contribution in [2.24, 2.45) is 11.3 Å². The lowest BCUT2D eigenvalue weighted by Crippen LogP contribution is -2.57. The van der Waals surface area contributed by atoms with Crippen molar-refractivity contribution in [3.05, 3.63) is 0 Å². The summed E-state index contributed by atoms with van der Waals surface area (Å²) in [7, 11) is 0. The number of nitrogens with zero attached hydrogens (tertiary/aromatic N) is 2. The maximum Gasteiger partial charge on any atom is 0.0579 e. The Morgan fingerprint density at radius 2 is 1.60 bits per heavy atom. The molecule has 0 radical (unpaired) electrons. The third-order valence-electron chi connectivity index (χ3n) is 5.42. The standard InChI is InChI=1S/C16H30N2O2/c19-12-16(13-20-14-16)11-18-8-6-17(7-9-18)10-15-4-2-1-3-5-15/h15,19H,1-14H2. The molecule has 1 aliphatic carbocycles. The summed E-state index contributed by atoms with van der Waals surface area (Å²) in [5, 5.41) is 9.52. The van der Waals surface area contributed by atoms with Gasteiger partial charge in [0.05, 0.1) is 25.2 Å². The highest BCUT2D eigenvalue weighted by Crippen LogP contribution is 2.29. The Balaban J connectivity index is 1.38. The van der Waals surface area contributed by atoms with Crippen LogP contribution in [0.3, 0.4) is 0 Å². The van der Waals surface area contributed by atoms with Gasteiger partial charge in [-0.2, -0.15) is 0 Å². The number of hydrogen-bond acceptors (Lipinski definition) is 4. The molecule has 0 atom stereocenters. The summed E-state index contributed by atoms with van der Waals surface area (Å²) in [6.07, 6.45) is 7.25.